The number of nitrogens with two attached hydrogens (primary N) is 1. The lowest BCUT2D eigenvalue weighted by atomic mass is 9.91. The Morgan fingerprint density at radius 3 is 2.85 bits per heavy atom. The molecule has 108 valence electrons. The predicted molar refractivity (Wildman–Crippen MR) is 82.1 cm³/mol. The van der Waals surface area contributed by atoms with Gasteiger partial charge in [0.25, 0.3) is 0 Å². The molecule has 3 heteroatoms. The van der Waals surface area contributed by atoms with E-state index in [0.29, 0.717) is 12.6 Å². The van der Waals surface area contributed by atoms with Crippen LogP contribution in [0.25, 0.3) is 0 Å². The molecule has 0 atom stereocenters. The van der Waals surface area contributed by atoms with E-state index in [0.717, 1.165) is 25.1 Å². The van der Waals surface area contributed by atoms with Gasteiger partial charge < -0.3 is 10.8 Å². The van der Waals surface area contributed by atoms with Gasteiger partial charge >= 0.3 is 0 Å². The summed E-state index contributed by atoms with van der Waals surface area (Å²) < 4.78 is 0. The minimum atomic E-state index is 0.269. The molecule has 1 saturated carbocycles. The molecule has 0 unspecified atom stereocenters. The van der Waals surface area contributed by atoms with Gasteiger partial charge in [-0.2, -0.15) is 0 Å². The summed E-state index contributed by atoms with van der Waals surface area (Å²) in [5, 5.41) is 9.04. The largest absolute Gasteiger partial charge is 0.396 e. The highest BCUT2D eigenvalue weighted by Crippen LogP contribution is 2.26. The van der Waals surface area contributed by atoms with Crippen molar-refractivity contribution in [1.29, 1.82) is 0 Å². The highest BCUT2D eigenvalue weighted by Gasteiger charge is 2.24. The Kier molecular flexibility index (Phi) is 6.07. The molecule has 0 saturated heterocycles. The van der Waals surface area contributed by atoms with E-state index in [-0.39, 0.29) is 6.61 Å². The van der Waals surface area contributed by atoms with E-state index in [1.807, 2.05) is 6.07 Å². The molecule has 0 heterocycles. The van der Waals surface area contributed by atoms with Crippen molar-refractivity contribution in [1.82, 2.24) is 4.90 Å². The topological polar surface area (TPSA) is 49.5 Å². The van der Waals surface area contributed by atoms with Crippen molar-refractivity contribution in [3.63, 3.8) is 0 Å². The Morgan fingerprint density at radius 2 is 2.20 bits per heavy atom. The average Bonchev–Trinajstić information content (AvgIpc) is 2.41. The van der Waals surface area contributed by atoms with E-state index in [9.17, 15) is 0 Å². The Balaban J connectivity index is 2.01. The summed E-state index contributed by atoms with van der Waals surface area (Å²) in [4.78, 5) is 2.50. The Hall–Kier alpha value is -1.34. The van der Waals surface area contributed by atoms with Gasteiger partial charge in [-0.25, -0.2) is 0 Å². The van der Waals surface area contributed by atoms with Crippen LogP contribution in [0.3, 0.4) is 0 Å². The van der Waals surface area contributed by atoms with Gasteiger partial charge in [-0.05, 0) is 37.0 Å². The zero-order valence-corrected chi connectivity index (χ0v) is 12.0. The fourth-order valence-corrected chi connectivity index (χ4v) is 2.55. The van der Waals surface area contributed by atoms with Crippen LogP contribution in [-0.4, -0.2) is 35.7 Å². The molecular formula is C17H24N2O. The molecule has 0 spiro atoms. The minimum absolute atomic E-state index is 0.269. The van der Waals surface area contributed by atoms with Crippen molar-refractivity contribution in [2.75, 3.05) is 19.7 Å². The molecule has 1 aromatic carbocycles. The van der Waals surface area contributed by atoms with E-state index in [1.54, 1.807) is 0 Å². The number of aliphatic hydroxyl groups is 1. The second-order valence-electron chi connectivity index (χ2n) is 5.34. The molecule has 0 aliphatic heterocycles. The number of hydrogen-bond donors (Lipinski definition) is 2. The van der Waals surface area contributed by atoms with Crippen LogP contribution in [0, 0.1) is 11.8 Å². The fraction of sp³-hybridized carbons (Fsp3) is 0.529. The van der Waals surface area contributed by atoms with Gasteiger partial charge in [0.15, 0.2) is 0 Å². The maximum atomic E-state index is 9.04. The lowest BCUT2D eigenvalue weighted by Crippen LogP contribution is -2.40. The first-order valence-electron chi connectivity index (χ1n) is 7.46. The van der Waals surface area contributed by atoms with Crippen LogP contribution in [0.4, 0.5) is 0 Å². The van der Waals surface area contributed by atoms with Gasteiger partial charge in [-0.3, -0.25) is 4.90 Å². The molecule has 3 N–H and O–H groups in total. The first kappa shape index (κ1) is 15.1. The smallest absolute Gasteiger partial charge is 0.0555 e. The summed E-state index contributed by atoms with van der Waals surface area (Å²) in [6, 6.07) is 9.07. The van der Waals surface area contributed by atoms with E-state index in [2.05, 4.69) is 34.9 Å². The van der Waals surface area contributed by atoms with Crippen LogP contribution < -0.4 is 5.73 Å². The summed E-state index contributed by atoms with van der Waals surface area (Å²) in [5.41, 5.74) is 7.73. The summed E-state index contributed by atoms with van der Waals surface area (Å²) in [5.74, 6) is 5.98. The molecule has 3 nitrogen and oxygen atoms in total. The third-order valence-corrected chi connectivity index (χ3v) is 3.84. The number of hydrogen-bond acceptors (Lipinski definition) is 3. The lowest BCUT2D eigenvalue weighted by molar-refractivity contribution is 0.109. The Morgan fingerprint density at radius 1 is 1.35 bits per heavy atom. The second-order valence-corrected chi connectivity index (χ2v) is 5.34. The normalized spacial score (nSPS) is 14.8. The van der Waals surface area contributed by atoms with Crippen molar-refractivity contribution in [2.24, 2.45) is 5.73 Å². The lowest BCUT2D eigenvalue weighted by Gasteiger charge is -2.37. The van der Waals surface area contributed by atoms with Crippen LogP contribution in [0.15, 0.2) is 24.3 Å². The van der Waals surface area contributed by atoms with Gasteiger partial charge in [-0.1, -0.05) is 30.4 Å². The molecule has 0 bridgehead atoms. The van der Waals surface area contributed by atoms with Crippen LogP contribution in [0.1, 0.15) is 36.8 Å². The van der Waals surface area contributed by atoms with E-state index >= 15 is 0 Å². The predicted octanol–water partition coefficient (Wildman–Crippen LogP) is 1.73. The van der Waals surface area contributed by atoms with Crippen molar-refractivity contribution in [3.05, 3.63) is 35.4 Å². The molecule has 20 heavy (non-hydrogen) atoms. The minimum Gasteiger partial charge on any atom is -0.396 e. The second kappa shape index (κ2) is 8.06. The molecule has 0 amide bonds. The number of rotatable bonds is 6. The monoisotopic (exact) mass is 272 g/mol. The summed E-state index contributed by atoms with van der Waals surface area (Å²) >= 11 is 0. The zero-order valence-electron chi connectivity index (χ0n) is 12.0. The number of benzene rings is 1. The molecule has 1 aliphatic carbocycles. The van der Waals surface area contributed by atoms with E-state index < -0.39 is 0 Å². The van der Waals surface area contributed by atoms with Gasteiger partial charge in [-0.15, -0.1) is 0 Å². The van der Waals surface area contributed by atoms with Crippen molar-refractivity contribution in [2.45, 2.75) is 38.3 Å². The first-order chi connectivity index (χ1) is 9.83. The van der Waals surface area contributed by atoms with Crippen LogP contribution in [-0.2, 0) is 6.54 Å². The van der Waals surface area contributed by atoms with E-state index in [4.69, 9.17) is 10.8 Å². The third kappa shape index (κ3) is 4.35. The zero-order chi connectivity index (χ0) is 14.2. The maximum Gasteiger partial charge on any atom is 0.0555 e. The van der Waals surface area contributed by atoms with Crippen LogP contribution in [0.5, 0.6) is 0 Å². The number of aliphatic hydroxyl groups excluding tert-OH is 1. The van der Waals surface area contributed by atoms with Gasteiger partial charge in [0.1, 0.15) is 0 Å². The number of nitrogens with zero attached hydrogens (tertiary/aromatic N) is 1. The summed E-state index contributed by atoms with van der Waals surface area (Å²) in [6.07, 6.45) is 4.77. The van der Waals surface area contributed by atoms with Gasteiger partial charge in [0.05, 0.1) is 6.54 Å². The SMILES string of the molecule is NCC#Cc1cccc(CN(CCCO)C2CCC2)c1. The van der Waals surface area contributed by atoms with Crippen LogP contribution >= 0.6 is 0 Å². The van der Waals surface area contributed by atoms with Crippen molar-refractivity contribution >= 4 is 0 Å². The molecule has 1 aromatic rings. The molecule has 1 aliphatic rings. The first-order valence-corrected chi connectivity index (χ1v) is 7.46. The fourth-order valence-electron chi connectivity index (χ4n) is 2.55. The Labute approximate surface area is 121 Å². The maximum absolute atomic E-state index is 9.04. The van der Waals surface area contributed by atoms with Crippen LogP contribution in [0.2, 0.25) is 0 Å². The highest BCUT2D eigenvalue weighted by atomic mass is 16.3. The Bertz CT molecular complexity index is 471. The quantitative estimate of drug-likeness (QED) is 0.776. The molecule has 1 fully saturated rings. The van der Waals surface area contributed by atoms with Gasteiger partial charge in [0, 0.05) is 31.3 Å². The molecule has 0 radical (unpaired) electrons. The summed E-state index contributed by atoms with van der Waals surface area (Å²) in [6.45, 7) is 2.59. The highest BCUT2D eigenvalue weighted by molar-refractivity contribution is 5.37. The average molecular weight is 272 g/mol. The standard InChI is InChI=1S/C17H24N2O/c18-10-3-7-15-5-1-6-16(13-15)14-19(11-4-12-20)17-8-2-9-17/h1,5-6,13,17,20H,2,4,8-12,14,18H2. The molecule has 2 rings (SSSR count). The van der Waals surface area contributed by atoms with E-state index in [1.165, 1.54) is 24.8 Å². The van der Waals surface area contributed by atoms with Crippen molar-refractivity contribution in [3.8, 4) is 11.8 Å². The third-order valence-electron chi connectivity index (χ3n) is 3.84. The van der Waals surface area contributed by atoms with Crippen molar-refractivity contribution < 1.29 is 5.11 Å². The molecule has 0 aromatic heterocycles. The summed E-state index contributed by atoms with van der Waals surface area (Å²) in [7, 11) is 0. The van der Waals surface area contributed by atoms with Gasteiger partial charge in [0.2, 0.25) is 0 Å². The molecular weight excluding hydrogens is 248 g/mol.